The molecular formula is C10H11Br2NO3. The van der Waals surface area contributed by atoms with Gasteiger partial charge in [0.15, 0.2) is 6.61 Å². The topological polar surface area (TPSA) is 58.6 Å². The first-order valence-corrected chi connectivity index (χ1v) is 6.09. The Morgan fingerprint density at radius 1 is 1.44 bits per heavy atom. The highest BCUT2D eigenvalue weighted by molar-refractivity contribution is 9.11. The minimum atomic E-state index is -0.204. The summed E-state index contributed by atoms with van der Waals surface area (Å²) in [5.74, 6) is 0.339. The van der Waals surface area contributed by atoms with Gasteiger partial charge in [-0.05, 0) is 49.6 Å². The second-order valence-corrected chi connectivity index (χ2v) is 4.72. The number of nitrogens with one attached hydrogen (secondary N) is 1. The van der Waals surface area contributed by atoms with Crippen LogP contribution in [0.3, 0.4) is 0 Å². The molecule has 0 aliphatic carbocycles. The first-order chi connectivity index (χ1) is 7.58. The molecule has 6 heteroatoms. The first kappa shape index (κ1) is 13.5. The van der Waals surface area contributed by atoms with Gasteiger partial charge < -0.3 is 15.2 Å². The van der Waals surface area contributed by atoms with Gasteiger partial charge in [0.25, 0.3) is 5.91 Å². The minimum Gasteiger partial charge on any atom is -0.481 e. The molecule has 1 aromatic carbocycles. The van der Waals surface area contributed by atoms with E-state index in [0.29, 0.717) is 14.7 Å². The molecule has 0 bridgehead atoms. The Balaban J connectivity index is 2.84. The number of hydrogen-bond acceptors (Lipinski definition) is 3. The maximum atomic E-state index is 11.0. The van der Waals surface area contributed by atoms with Gasteiger partial charge in [-0.2, -0.15) is 0 Å². The zero-order valence-corrected chi connectivity index (χ0v) is 11.8. The third kappa shape index (κ3) is 3.47. The fourth-order valence-electron chi connectivity index (χ4n) is 1.05. The molecule has 0 unspecified atom stereocenters. The molecule has 1 amide bonds. The molecular weight excluding hydrogens is 342 g/mol. The number of likely N-dealkylation sites (N-methyl/N-ethyl adjacent to an activating group) is 1. The molecule has 0 aliphatic rings. The van der Waals surface area contributed by atoms with Crippen molar-refractivity contribution in [3.63, 3.8) is 0 Å². The van der Waals surface area contributed by atoms with Gasteiger partial charge >= 0.3 is 0 Å². The Labute approximate surface area is 110 Å². The number of ether oxygens (including phenoxy) is 1. The molecule has 4 nitrogen and oxygen atoms in total. The van der Waals surface area contributed by atoms with Gasteiger partial charge in [-0.3, -0.25) is 4.79 Å². The van der Waals surface area contributed by atoms with Gasteiger partial charge in [-0.15, -0.1) is 0 Å². The predicted molar refractivity (Wildman–Crippen MR) is 67.3 cm³/mol. The van der Waals surface area contributed by atoms with E-state index in [9.17, 15) is 4.79 Å². The van der Waals surface area contributed by atoms with Crippen LogP contribution < -0.4 is 10.1 Å². The number of carbonyl (C=O) groups is 1. The Morgan fingerprint density at radius 3 is 2.44 bits per heavy atom. The molecule has 0 spiro atoms. The Morgan fingerprint density at radius 2 is 2.00 bits per heavy atom. The van der Waals surface area contributed by atoms with E-state index >= 15 is 0 Å². The predicted octanol–water partition coefficient (Wildman–Crippen LogP) is 1.83. The van der Waals surface area contributed by atoms with Crippen molar-refractivity contribution in [1.82, 2.24) is 5.32 Å². The van der Waals surface area contributed by atoms with Crippen LogP contribution in [-0.4, -0.2) is 24.7 Å². The first-order valence-electron chi connectivity index (χ1n) is 4.50. The van der Waals surface area contributed by atoms with Crippen LogP contribution in [0.2, 0.25) is 0 Å². The molecule has 0 aliphatic heterocycles. The third-order valence-corrected chi connectivity index (χ3v) is 3.05. The Bertz CT molecular complexity index is 373. The van der Waals surface area contributed by atoms with E-state index in [1.54, 1.807) is 19.2 Å². The summed E-state index contributed by atoms with van der Waals surface area (Å²) >= 11 is 6.63. The summed E-state index contributed by atoms with van der Waals surface area (Å²) in [6, 6.07) is 3.48. The van der Waals surface area contributed by atoms with Crippen molar-refractivity contribution in [2.24, 2.45) is 0 Å². The lowest BCUT2D eigenvalue weighted by molar-refractivity contribution is -0.122. The Kier molecular flexibility index (Phi) is 5.24. The van der Waals surface area contributed by atoms with Crippen molar-refractivity contribution in [2.45, 2.75) is 6.61 Å². The molecule has 0 saturated carbocycles. The highest BCUT2D eigenvalue weighted by Crippen LogP contribution is 2.34. The van der Waals surface area contributed by atoms with Gasteiger partial charge in [0.05, 0.1) is 15.6 Å². The largest absolute Gasteiger partial charge is 0.481 e. The van der Waals surface area contributed by atoms with Gasteiger partial charge in [0.2, 0.25) is 0 Å². The van der Waals surface area contributed by atoms with Gasteiger partial charge in [-0.1, -0.05) is 0 Å². The van der Waals surface area contributed by atoms with E-state index < -0.39 is 0 Å². The highest BCUT2D eigenvalue weighted by atomic mass is 79.9. The molecule has 0 radical (unpaired) electrons. The molecule has 0 aromatic heterocycles. The number of rotatable bonds is 4. The van der Waals surface area contributed by atoms with Crippen molar-refractivity contribution in [3.05, 3.63) is 26.6 Å². The van der Waals surface area contributed by atoms with Crippen molar-refractivity contribution in [2.75, 3.05) is 13.7 Å². The fraction of sp³-hybridized carbons (Fsp3) is 0.300. The second kappa shape index (κ2) is 6.22. The zero-order valence-electron chi connectivity index (χ0n) is 8.59. The minimum absolute atomic E-state index is 0.0487. The maximum absolute atomic E-state index is 11.0. The molecule has 0 saturated heterocycles. The summed E-state index contributed by atoms with van der Waals surface area (Å²) in [4.78, 5) is 11.0. The van der Waals surface area contributed by atoms with Crippen LogP contribution in [0.15, 0.2) is 21.1 Å². The molecule has 2 N–H and O–H groups in total. The monoisotopic (exact) mass is 351 g/mol. The number of benzene rings is 1. The van der Waals surface area contributed by atoms with Crippen LogP contribution in [0.5, 0.6) is 5.75 Å². The van der Waals surface area contributed by atoms with Crippen LogP contribution in [0.4, 0.5) is 0 Å². The lowest BCUT2D eigenvalue weighted by Gasteiger charge is -2.10. The van der Waals surface area contributed by atoms with Crippen LogP contribution in [0.1, 0.15) is 5.56 Å². The Hall–Kier alpha value is -0.590. The van der Waals surface area contributed by atoms with E-state index in [-0.39, 0.29) is 19.1 Å². The van der Waals surface area contributed by atoms with Crippen LogP contribution in [0.25, 0.3) is 0 Å². The van der Waals surface area contributed by atoms with Gasteiger partial charge in [-0.25, -0.2) is 0 Å². The number of hydrogen-bond donors (Lipinski definition) is 2. The summed E-state index contributed by atoms with van der Waals surface area (Å²) in [5, 5.41) is 11.4. The summed E-state index contributed by atoms with van der Waals surface area (Å²) < 4.78 is 6.71. The van der Waals surface area contributed by atoms with Crippen LogP contribution in [0, 0.1) is 0 Å². The van der Waals surface area contributed by atoms with Crippen LogP contribution >= 0.6 is 31.9 Å². The van der Waals surface area contributed by atoms with Crippen molar-refractivity contribution in [1.29, 1.82) is 0 Å². The van der Waals surface area contributed by atoms with Gasteiger partial charge in [0.1, 0.15) is 5.75 Å². The quantitative estimate of drug-likeness (QED) is 0.869. The van der Waals surface area contributed by atoms with E-state index in [1.165, 1.54) is 0 Å². The molecule has 1 rings (SSSR count). The third-order valence-electron chi connectivity index (χ3n) is 1.87. The lowest BCUT2D eigenvalue weighted by atomic mass is 10.2. The molecule has 0 fully saturated rings. The number of halogens is 2. The summed E-state index contributed by atoms with van der Waals surface area (Å²) in [6.45, 7) is -0.0981. The van der Waals surface area contributed by atoms with Crippen molar-refractivity contribution < 1.29 is 14.6 Å². The zero-order chi connectivity index (χ0) is 12.1. The van der Waals surface area contributed by atoms with Gasteiger partial charge in [0, 0.05) is 7.05 Å². The van der Waals surface area contributed by atoms with E-state index in [1.807, 2.05) is 0 Å². The molecule has 16 heavy (non-hydrogen) atoms. The standard InChI is InChI=1S/C10H11Br2NO3/c1-13-9(15)5-16-10-7(11)2-6(4-14)3-8(10)12/h2-3,14H,4-5H2,1H3,(H,13,15). The molecule has 88 valence electrons. The average Bonchev–Trinajstić information content (AvgIpc) is 2.27. The lowest BCUT2D eigenvalue weighted by Crippen LogP contribution is -2.25. The number of amides is 1. The fourth-order valence-corrected chi connectivity index (χ4v) is 2.56. The number of aliphatic hydroxyl groups excluding tert-OH is 1. The summed E-state index contributed by atoms with van der Waals surface area (Å²) in [5.41, 5.74) is 0.756. The summed E-state index contributed by atoms with van der Waals surface area (Å²) in [7, 11) is 1.55. The number of carbonyl (C=O) groups excluding carboxylic acids is 1. The second-order valence-electron chi connectivity index (χ2n) is 3.01. The molecule has 0 heterocycles. The van der Waals surface area contributed by atoms with E-state index in [2.05, 4.69) is 37.2 Å². The van der Waals surface area contributed by atoms with Crippen LogP contribution in [-0.2, 0) is 11.4 Å². The van der Waals surface area contributed by atoms with Crippen molar-refractivity contribution in [3.8, 4) is 5.75 Å². The maximum Gasteiger partial charge on any atom is 0.257 e. The molecule has 0 atom stereocenters. The summed E-state index contributed by atoms with van der Waals surface area (Å²) in [6.07, 6.45) is 0. The molecule has 1 aromatic rings. The normalized spacial score (nSPS) is 10.0. The smallest absolute Gasteiger partial charge is 0.257 e. The average molecular weight is 353 g/mol. The number of aliphatic hydroxyl groups is 1. The SMILES string of the molecule is CNC(=O)COc1c(Br)cc(CO)cc1Br. The van der Waals surface area contributed by atoms with Crippen molar-refractivity contribution >= 4 is 37.8 Å². The van der Waals surface area contributed by atoms with E-state index in [0.717, 1.165) is 5.56 Å². The van der Waals surface area contributed by atoms with E-state index in [4.69, 9.17) is 9.84 Å². The highest BCUT2D eigenvalue weighted by Gasteiger charge is 2.10.